The van der Waals surface area contributed by atoms with Crippen LogP contribution in [0.2, 0.25) is 0 Å². The van der Waals surface area contributed by atoms with Crippen molar-refractivity contribution in [3.63, 3.8) is 0 Å². The molecular weight excluding hydrogens is 348 g/mol. The first kappa shape index (κ1) is 19.9. The molecule has 3 rings (SSSR count). The minimum Gasteiger partial charge on any atom is -0.356 e. The van der Waals surface area contributed by atoms with E-state index < -0.39 is 0 Å². The molecule has 0 bridgehead atoms. The van der Waals surface area contributed by atoms with Crippen LogP contribution in [-0.2, 0) is 11.2 Å². The molecule has 3 N–H and O–H groups in total. The van der Waals surface area contributed by atoms with Gasteiger partial charge in [0.15, 0.2) is 5.96 Å². The van der Waals surface area contributed by atoms with Gasteiger partial charge < -0.3 is 16.0 Å². The van der Waals surface area contributed by atoms with Gasteiger partial charge in [-0.25, -0.2) is 0 Å². The van der Waals surface area contributed by atoms with Gasteiger partial charge in [0.05, 0.1) is 0 Å². The summed E-state index contributed by atoms with van der Waals surface area (Å²) >= 11 is 0. The Balaban J connectivity index is 1.36. The summed E-state index contributed by atoms with van der Waals surface area (Å²) in [6.45, 7) is 1.59. The molecular formula is C23H30N4O. The van der Waals surface area contributed by atoms with Crippen molar-refractivity contribution < 1.29 is 4.79 Å². The molecule has 1 heterocycles. The van der Waals surface area contributed by atoms with Gasteiger partial charge in [0.1, 0.15) is 0 Å². The van der Waals surface area contributed by atoms with Gasteiger partial charge in [0.25, 0.3) is 0 Å². The van der Waals surface area contributed by atoms with E-state index in [1.807, 2.05) is 18.2 Å². The topological polar surface area (TPSA) is 65.5 Å². The average molecular weight is 379 g/mol. The fourth-order valence-corrected chi connectivity index (χ4v) is 3.61. The Hall–Kier alpha value is -2.82. The summed E-state index contributed by atoms with van der Waals surface area (Å²) in [5.41, 5.74) is 3.52. The van der Waals surface area contributed by atoms with Gasteiger partial charge >= 0.3 is 0 Å². The number of aryl methyl sites for hydroxylation is 1. The quantitative estimate of drug-likeness (QED) is 0.373. The number of nitrogens with one attached hydrogen (secondary N) is 3. The number of para-hydroxylation sites is 1. The zero-order chi connectivity index (χ0) is 19.6. The minimum absolute atomic E-state index is 0.0758. The monoisotopic (exact) mass is 378 g/mol. The van der Waals surface area contributed by atoms with E-state index in [9.17, 15) is 4.79 Å². The molecule has 28 heavy (non-hydrogen) atoms. The number of nitrogens with zero attached hydrogens (tertiary/aromatic N) is 1. The minimum atomic E-state index is 0.0758. The van der Waals surface area contributed by atoms with Crippen molar-refractivity contribution in [3.8, 4) is 0 Å². The van der Waals surface area contributed by atoms with E-state index in [0.29, 0.717) is 13.0 Å². The molecule has 0 saturated carbocycles. The predicted octanol–water partition coefficient (Wildman–Crippen LogP) is 3.69. The number of amides is 1. The van der Waals surface area contributed by atoms with Crippen LogP contribution >= 0.6 is 0 Å². The van der Waals surface area contributed by atoms with E-state index in [1.54, 1.807) is 7.05 Å². The number of guanidine groups is 1. The predicted molar refractivity (Wildman–Crippen MR) is 116 cm³/mol. The third-order valence-corrected chi connectivity index (χ3v) is 5.12. The maximum atomic E-state index is 11.9. The van der Waals surface area contributed by atoms with Crippen molar-refractivity contribution in [2.24, 2.45) is 4.99 Å². The van der Waals surface area contributed by atoms with Gasteiger partial charge in [-0.15, -0.1) is 0 Å². The van der Waals surface area contributed by atoms with Crippen LogP contribution < -0.4 is 16.0 Å². The van der Waals surface area contributed by atoms with Crippen LogP contribution in [0.15, 0.2) is 59.6 Å². The molecule has 0 aromatic heterocycles. The second kappa shape index (κ2) is 10.5. The molecule has 0 fully saturated rings. The van der Waals surface area contributed by atoms with Crippen molar-refractivity contribution >= 4 is 17.6 Å². The van der Waals surface area contributed by atoms with E-state index in [0.717, 1.165) is 31.0 Å². The highest BCUT2D eigenvalue weighted by Crippen LogP contribution is 2.31. The summed E-state index contributed by atoms with van der Waals surface area (Å²) in [6, 6.07) is 18.7. The van der Waals surface area contributed by atoms with E-state index in [4.69, 9.17) is 0 Å². The molecule has 5 heteroatoms. The van der Waals surface area contributed by atoms with E-state index in [1.165, 1.54) is 24.0 Å². The fourth-order valence-electron chi connectivity index (χ4n) is 3.61. The Labute approximate surface area is 167 Å². The lowest BCUT2D eigenvalue weighted by Crippen LogP contribution is -2.41. The number of hydrogen-bond acceptors (Lipinski definition) is 2. The second-order valence-corrected chi connectivity index (χ2v) is 7.21. The molecule has 1 aliphatic heterocycles. The highest BCUT2D eigenvalue weighted by molar-refractivity contribution is 5.94. The summed E-state index contributed by atoms with van der Waals surface area (Å²) < 4.78 is 0. The van der Waals surface area contributed by atoms with E-state index >= 15 is 0 Å². The molecule has 2 aromatic rings. The Morgan fingerprint density at radius 1 is 1.04 bits per heavy atom. The Kier molecular flexibility index (Phi) is 7.47. The van der Waals surface area contributed by atoms with Crippen LogP contribution in [0.4, 0.5) is 5.69 Å². The normalized spacial score (nSPS) is 16.2. The smallest absolute Gasteiger partial charge is 0.225 e. The van der Waals surface area contributed by atoms with Crippen LogP contribution in [0.3, 0.4) is 0 Å². The van der Waals surface area contributed by atoms with Crippen molar-refractivity contribution in [3.05, 3.63) is 65.7 Å². The first-order valence-electron chi connectivity index (χ1n) is 10.1. The van der Waals surface area contributed by atoms with E-state index in [2.05, 4.69) is 57.3 Å². The highest BCUT2D eigenvalue weighted by atomic mass is 16.1. The van der Waals surface area contributed by atoms with Crippen LogP contribution in [0, 0.1) is 0 Å². The standard InChI is InChI=1S/C23H30N4O/c1-24-23(25-15-9-3-6-12-18-10-4-2-5-11-18)26-17-19-16-22(28)27-21-14-8-7-13-20(19)21/h2,4-5,7-8,10-11,13-14,19H,3,6,9,12,15-17H2,1H3,(H,27,28)(H2,24,25,26). The van der Waals surface area contributed by atoms with Gasteiger partial charge in [-0.2, -0.15) is 0 Å². The number of anilines is 1. The number of unbranched alkanes of at least 4 members (excludes halogenated alkanes) is 2. The van der Waals surface area contributed by atoms with Crippen molar-refractivity contribution in [2.75, 3.05) is 25.5 Å². The van der Waals surface area contributed by atoms with Crippen molar-refractivity contribution in [2.45, 2.75) is 38.0 Å². The average Bonchev–Trinajstić information content (AvgIpc) is 2.73. The molecule has 1 unspecified atom stereocenters. The van der Waals surface area contributed by atoms with Crippen LogP contribution in [0.1, 0.15) is 42.7 Å². The number of rotatable bonds is 8. The van der Waals surface area contributed by atoms with Crippen molar-refractivity contribution in [1.29, 1.82) is 0 Å². The number of hydrogen-bond donors (Lipinski definition) is 3. The third kappa shape index (κ3) is 5.84. The number of fused-ring (bicyclic) bond motifs is 1. The molecule has 0 saturated heterocycles. The lowest BCUT2D eigenvalue weighted by atomic mass is 9.90. The van der Waals surface area contributed by atoms with Crippen LogP contribution in [-0.4, -0.2) is 32.0 Å². The molecule has 1 aliphatic rings. The Morgan fingerprint density at radius 3 is 2.64 bits per heavy atom. The molecule has 2 aromatic carbocycles. The van der Waals surface area contributed by atoms with Gasteiger partial charge in [-0.3, -0.25) is 9.79 Å². The van der Waals surface area contributed by atoms with Crippen molar-refractivity contribution in [1.82, 2.24) is 10.6 Å². The van der Waals surface area contributed by atoms with Gasteiger partial charge in [0, 0.05) is 38.2 Å². The third-order valence-electron chi connectivity index (χ3n) is 5.12. The fraction of sp³-hybridized carbons (Fsp3) is 0.391. The molecule has 0 aliphatic carbocycles. The molecule has 1 amide bonds. The van der Waals surface area contributed by atoms with E-state index in [-0.39, 0.29) is 11.8 Å². The van der Waals surface area contributed by atoms with Crippen LogP contribution in [0.25, 0.3) is 0 Å². The van der Waals surface area contributed by atoms with Gasteiger partial charge in [-0.1, -0.05) is 55.0 Å². The summed E-state index contributed by atoms with van der Waals surface area (Å²) in [5.74, 6) is 1.03. The Morgan fingerprint density at radius 2 is 1.82 bits per heavy atom. The summed E-state index contributed by atoms with van der Waals surface area (Å²) in [7, 11) is 1.78. The van der Waals surface area contributed by atoms with Crippen LogP contribution in [0.5, 0.6) is 0 Å². The summed E-state index contributed by atoms with van der Waals surface area (Å²) in [4.78, 5) is 16.2. The SMILES string of the molecule is CN=C(NCCCCCc1ccccc1)NCC1CC(=O)Nc2ccccc21. The zero-order valence-electron chi connectivity index (χ0n) is 16.6. The maximum absolute atomic E-state index is 11.9. The van der Waals surface area contributed by atoms with Gasteiger partial charge in [-0.05, 0) is 36.5 Å². The number of benzene rings is 2. The number of carbonyl (C=O) groups excluding carboxylic acids is 1. The maximum Gasteiger partial charge on any atom is 0.225 e. The summed E-state index contributed by atoms with van der Waals surface area (Å²) in [6.07, 6.45) is 5.14. The molecule has 1 atom stereocenters. The lowest BCUT2D eigenvalue weighted by Gasteiger charge is -2.26. The number of carbonyl (C=O) groups is 1. The lowest BCUT2D eigenvalue weighted by molar-refractivity contribution is -0.116. The second-order valence-electron chi connectivity index (χ2n) is 7.21. The molecule has 5 nitrogen and oxygen atoms in total. The molecule has 148 valence electrons. The molecule has 0 spiro atoms. The molecule has 0 radical (unpaired) electrons. The zero-order valence-corrected chi connectivity index (χ0v) is 16.6. The van der Waals surface area contributed by atoms with Gasteiger partial charge in [0.2, 0.25) is 5.91 Å². The Bertz CT molecular complexity index is 788. The highest BCUT2D eigenvalue weighted by Gasteiger charge is 2.24. The largest absolute Gasteiger partial charge is 0.356 e. The first-order chi connectivity index (χ1) is 13.8. The summed E-state index contributed by atoms with van der Waals surface area (Å²) in [5, 5.41) is 9.70. The first-order valence-corrected chi connectivity index (χ1v) is 10.1. The number of aliphatic imine (C=N–C) groups is 1.